The lowest BCUT2D eigenvalue weighted by atomic mass is 10.1. The first-order chi connectivity index (χ1) is 15.7. The van der Waals surface area contributed by atoms with Crippen LogP contribution < -0.4 is 20.7 Å². The summed E-state index contributed by atoms with van der Waals surface area (Å²) in [5.74, 6) is 0.236. The van der Waals surface area contributed by atoms with Crippen molar-refractivity contribution in [1.82, 2.24) is 10.6 Å². The number of nitrogens with one attached hydrogen (secondary N) is 3. The Kier molecular flexibility index (Phi) is 9.72. The highest BCUT2D eigenvalue weighted by molar-refractivity contribution is 5.91. The summed E-state index contributed by atoms with van der Waals surface area (Å²) in [6, 6.07) is 14.8. The van der Waals surface area contributed by atoms with Crippen molar-refractivity contribution in [1.29, 1.82) is 0 Å². The molecule has 0 aliphatic rings. The van der Waals surface area contributed by atoms with Crippen molar-refractivity contribution in [3.8, 4) is 5.75 Å². The van der Waals surface area contributed by atoms with Gasteiger partial charge in [0.25, 0.3) is 5.91 Å². The quantitative estimate of drug-likeness (QED) is 0.505. The van der Waals surface area contributed by atoms with Gasteiger partial charge in [-0.1, -0.05) is 37.3 Å². The standard InChI is InChI=1S/C25H33N3O5/c1-5-19-10-6-7-12-21(19)32-17-23(30)27-16-18-9-8-11-20(15-18)28-22(29)13-14-26-24(31)33-25(2,3)4/h6-12,15H,5,13-14,16-17H2,1-4H3,(H,26,31)(H,27,30)(H,28,29). The molecule has 0 unspecified atom stereocenters. The molecule has 0 fully saturated rings. The van der Waals surface area contributed by atoms with Crippen LogP contribution in [-0.4, -0.2) is 36.7 Å². The third-order valence-electron chi connectivity index (χ3n) is 4.43. The van der Waals surface area contributed by atoms with E-state index in [1.165, 1.54) is 0 Å². The van der Waals surface area contributed by atoms with Gasteiger partial charge in [0.15, 0.2) is 6.61 Å². The van der Waals surface area contributed by atoms with E-state index in [1.807, 2.05) is 37.3 Å². The molecule has 2 aromatic carbocycles. The Balaban J connectivity index is 1.74. The molecule has 0 atom stereocenters. The molecule has 3 amide bonds. The highest BCUT2D eigenvalue weighted by Gasteiger charge is 2.16. The lowest BCUT2D eigenvalue weighted by molar-refractivity contribution is -0.123. The molecule has 0 aromatic heterocycles. The number of carbonyl (C=O) groups excluding carboxylic acids is 3. The lowest BCUT2D eigenvalue weighted by Gasteiger charge is -2.19. The number of aryl methyl sites for hydroxylation is 1. The summed E-state index contributed by atoms with van der Waals surface area (Å²) in [5.41, 5.74) is 1.91. The van der Waals surface area contributed by atoms with Crippen molar-refractivity contribution in [3.63, 3.8) is 0 Å². The van der Waals surface area contributed by atoms with Crippen molar-refractivity contribution in [2.45, 2.75) is 52.7 Å². The summed E-state index contributed by atoms with van der Waals surface area (Å²) in [4.78, 5) is 35.9. The number of para-hydroxylation sites is 1. The molecule has 3 N–H and O–H groups in total. The second-order valence-corrected chi connectivity index (χ2v) is 8.45. The Morgan fingerprint density at radius 1 is 0.939 bits per heavy atom. The first-order valence-electron chi connectivity index (χ1n) is 11.0. The van der Waals surface area contributed by atoms with Gasteiger partial charge in [0.1, 0.15) is 11.4 Å². The van der Waals surface area contributed by atoms with Crippen LogP contribution in [0.1, 0.15) is 45.2 Å². The van der Waals surface area contributed by atoms with Crippen molar-refractivity contribution in [2.24, 2.45) is 0 Å². The number of alkyl carbamates (subject to hydrolysis) is 1. The molecule has 8 nitrogen and oxygen atoms in total. The maximum Gasteiger partial charge on any atom is 0.407 e. The van der Waals surface area contributed by atoms with Crippen LogP contribution in [-0.2, 0) is 27.3 Å². The molecule has 8 heteroatoms. The number of hydrogen-bond donors (Lipinski definition) is 3. The molecular formula is C25H33N3O5. The lowest BCUT2D eigenvalue weighted by Crippen LogP contribution is -2.34. The molecule has 2 rings (SSSR count). The molecule has 0 spiro atoms. The predicted molar refractivity (Wildman–Crippen MR) is 127 cm³/mol. The zero-order chi connectivity index (χ0) is 24.3. The van der Waals surface area contributed by atoms with Crippen LogP contribution in [0.25, 0.3) is 0 Å². The van der Waals surface area contributed by atoms with Gasteiger partial charge >= 0.3 is 6.09 Å². The summed E-state index contributed by atoms with van der Waals surface area (Å²) in [5, 5.41) is 8.15. The van der Waals surface area contributed by atoms with E-state index in [9.17, 15) is 14.4 Å². The number of amides is 3. The van der Waals surface area contributed by atoms with Gasteiger partial charge in [-0.15, -0.1) is 0 Å². The molecule has 0 saturated heterocycles. The normalized spacial score (nSPS) is 10.8. The van der Waals surface area contributed by atoms with Gasteiger partial charge in [-0.25, -0.2) is 4.79 Å². The SMILES string of the molecule is CCc1ccccc1OCC(=O)NCc1cccc(NC(=O)CCNC(=O)OC(C)(C)C)c1. The first kappa shape index (κ1) is 25.7. The minimum atomic E-state index is -0.589. The fourth-order valence-electron chi connectivity index (χ4n) is 2.91. The van der Waals surface area contributed by atoms with Gasteiger partial charge in [0.05, 0.1) is 0 Å². The zero-order valence-corrected chi connectivity index (χ0v) is 19.7. The van der Waals surface area contributed by atoms with E-state index in [2.05, 4.69) is 16.0 Å². The van der Waals surface area contributed by atoms with Gasteiger partial charge in [-0.05, 0) is 56.5 Å². The van der Waals surface area contributed by atoms with Gasteiger partial charge in [-0.2, -0.15) is 0 Å². The van der Waals surface area contributed by atoms with E-state index in [0.717, 1.165) is 17.5 Å². The number of anilines is 1. The van der Waals surface area contributed by atoms with Crippen LogP contribution in [0.4, 0.5) is 10.5 Å². The Morgan fingerprint density at radius 3 is 2.42 bits per heavy atom. The smallest absolute Gasteiger partial charge is 0.407 e. The van der Waals surface area contributed by atoms with Crippen molar-refractivity contribution in [3.05, 3.63) is 59.7 Å². The van der Waals surface area contributed by atoms with E-state index in [1.54, 1.807) is 39.0 Å². The average Bonchev–Trinajstić information content (AvgIpc) is 2.75. The Labute approximate surface area is 195 Å². The molecule has 0 saturated carbocycles. The van der Waals surface area contributed by atoms with Gasteiger partial charge < -0.3 is 25.4 Å². The molecule has 0 radical (unpaired) electrons. The molecule has 178 valence electrons. The van der Waals surface area contributed by atoms with Crippen LogP contribution in [0.3, 0.4) is 0 Å². The monoisotopic (exact) mass is 455 g/mol. The highest BCUT2D eigenvalue weighted by Crippen LogP contribution is 2.18. The predicted octanol–water partition coefficient (Wildman–Crippen LogP) is 3.80. The van der Waals surface area contributed by atoms with E-state index in [4.69, 9.17) is 9.47 Å². The molecule has 0 bridgehead atoms. The van der Waals surface area contributed by atoms with Crippen molar-refractivity contribution < 1.29 is 23.9 Å². The first-order valence-corrected chi connectivity index (χ1v) is 11.0. The Hall–Kier alpha value is -3.55. The zero-order valence-electron chi connectivity index (χ0n) is 19.7. The number of ether oxygens (including phenoxy) is 2. The fourth-order valence-corrected chi connectivity index (χ4v) is 2.91. The maximum atomic E-state index is 12.2. The minimum absolute atomic E-state index is 0.0713. The molecule has 0 aliphatic carbocycles. The molecule has 2 aromatic rings. The summed E-state index contributed by atoms with van der Waals surface area (Å²) in [7, 11) is 0. The van der Waals surface area contributed by atoms with Crippen molar-refractivity contribution in [2.75, 3.05) is 18.5 Å². The van der Waals surface area contributed by atoms with E-state index >= 15 is 0 Å². The van der Waals surface area contributed by atoms with E-state index in [-0.39, 0.29) is 31.4 Å². The number of rotatable bonds is 10. The van der Waals surface area contributed by atoms with Crippen LogP contribution in [0.2, 0.25) is 0 Å². The second kappa shape index (κ2) is 12.5. The van der Waals surface area contributed by atoms with Crippen LogP contribution in [0, 0.1) is 0 Å². The molecule has 33 heavy (non-hydrogen) atoms. The largest absolute Gasteiger partial charge is 0.483 e. The fraction of sp³-hybridized carbons (Fsp3) is 0.400. The summed E-state index contributed by atoms with van der Waals surface area (Å²) in [6.45, 7) is 7.75. The third-order valence-corrected chi connectivity index (χ3v) is 4.43. The summed E-state index contributed by atoms with van der Waals surface area (Å²) in [6.07, 6.45) is 0.375. The minimum Gasteiger partial charge on any atom is -0.483 e. The van der Waals surface area contributed by atoms with Crippen LogP contribution >= 0.6 is 0 Å². The van der Waals surface area contributed by atoms with Crippen LogP contribution in [0.15, 0.2) is 48.5 Å². The number of benzene rings is 2. The van der Waals surface area contributed by atoms with Gasteiger partial charge in [-0.3, -0.25) is 9.59 Å². The second-order valence-electron chi connectivity index (χ2n) is 8.45. The van der Waals surface area contributed by atoms with Gasteiger partial charge in [0.2, 0.25) is 5.91 Å². The Bertz CT molecular complexity index is 953. The van der Waals surface area contributed by atoms with Crippen molar-refractivity contribution >= 4 is 23.6 Å². The van der Waals surface area contributed by atoms with E-state index < -0.39 is 11.7 Å². The highest BCUT2D eigenvalue weighted by atomic mass is 16.6. The average molecular weight is 456 g/mol. The van der Waals surface area contributed by atoms with Gasteiger partial charge in [0, 0.05) is 25.2 Å². The maximum absolute atomic E-state index is 12.2. The van der Waals surface area contributed by atoms with Crippen LogP contribution in [0.5, 0.6) is 5.75 Å². The van der Waals surface area contributed by atoms with E-state index in [0.29, 0.717) is 18.0 Å². The number of hydrogen-bond acceptors (Lipinski definition) is 5. The summed E-state index contributed by atoms with van der Waals surface area (Å²) >= 11 is 0. The Morgan fingerprint density at radius 2 is 1.70 bits per heavy atom. The molecule has 0 aliphatic heterocycles. The molecular weight excluding hydrogens is 422 g/mol. The topological polar surface area (TPSA) is 106 Å². The third kappa shape index (κ3) is 10.1. The molecule has 0 heterocycles. The number of carbonyl (C=O) groups is 3. The summed E-state index contributed by atoms with van der Waals surface area (Å²) < 4.78 is 10.8.